The van der Waals surface area contributed by atoms with E-state index in [0.717, 1.165) is 5.56 Å². The molecule has 3 aromatic rings. The summed E-state index contributed by atoms with van der Waals surface area (Å²) in [5, 5.41) is 10.4. The van der Waals surface area contributed by atoms with Gasteiger partial charge in [-0.15, -0.1) is 0 Å². The number of Topliss-reactive ketones (excluding diaryl/α,β-unsaturated/α-hetero) is 1. The quantitative estimate of drug-likeness (QED) is 0.215. The van der Waals surface area contributed by atoms with Gasteiger partial charge in [-0.05, 0) is 48.4 Å². The number of allylic oxidation sites excluding steroid dienone is 1. The molecule has 156 valence electrons. The Morgan fingerprint density at radius 2 is 1.74 bits per heavy atom. The number of ketones is 1. The number of hydrogen-bond acceptors (Lipinski definition) is 4. The van der Waals surface area contributed by atoms with Crippen LogP contribution in [0, 0.1) is 11.3 Å². The molecule has 0 heterocycles. The summed E-state index contributed by atoms with van der Waals surface area (Å²) in [7, 11) is 0. The Balaban J connectivity index is 1.83. The lowest BCUT2D eigenvalue weighted by molar-refractivity contribution is 0.104. The Morgan fingerprint density at radius 1 is 0.968 bits per heavy atom. The van der Waals surface area contributed by atoms with Gasteiger partial charge in [0, 0.05) is 5.56 Å². The molecular weight excluding hydrogens is 433 g/mol. The maximum Gasteiger partial charge on any atom is 0.203 e. The average molecular weight is 452 g/mol. The van der Waals surface area contributed by atoms with Gasteiger partial charge in [-0.25, -0.2) is 0 Å². The van der Waals surface area contributed by atoms with Gasteiger partial charge in [0.1, 0.15) is 18.2 Å². The standard InChI is InChI=1S/C25H19Cl2NO3/c1-2-30-24-14-17(12-20(15-28)25(29)19-6-4-3-5-7-19)9-11-23(24)31-16-18-8-10-21(26)22(27)13-18/h3-14H,2,16H2,1H3. The number of carbonyl (C=O) groups excluding carboxylic acids is 1. The zero-order valence-electron chi connectivity index (χ0n) is 16.8. The van der Waals surface area contributed by atoms with Crippen molar-refractivity contribution in [2.24, 2.45) is 0 Å². The normalized spacial score (nSPS) is 11.0. The molecule has 0 aliphatic carbocycles. The van der Waals surface area contributed by atoms with Crippen molar-refractivity contribution in [1.29, 1.82) is 5.26 Å². The Labute approximate surface area is 191 Å². The molecule has 0 bridgehead atoms. The summed E-state index contributed by atoms with van der Waals surface area (Å²) in [6.45, 7) is 2.58. The highest BCUT2D eigenvalue weighted by Crippen LogP contribution is 2.31. The maximum absolute atomic E-state index is 12.6. The summed E-state index contributed by atoms with van der Waals surface area (Å²) >= 11 is 12.0. The van der Waals surface area contributed by atoms with E-state index in [2.05, 4.69) is 0 Å². The summed E-state index contributed by atoms with van der Waals surface area (Å²) in [5.74, 6) is 0.722. The van der Waals surface area contributed by atoms with Crippen LogP contribution in [0.3, 0.4) is 0 Å². The second kappa shape index (κ2) is 10.7. The summed E-state index contributed by atoms with van der Waals surface area (Å²) < 4.78 is 11.6. The van der Waals surface area contributed by atoms with E-state index in [1.54, 1.807) is 60.7 Å². The van der Waals surface area contributed by atoms with E-state index in [1.165, 1.54) is 0 Å². The summed E-state index contributed by atoms with van der Waals surface area (Å²) in [6.07, 6.45) is 1.54. The molecule has 3 aromatic carbocycles. The van der Waals surface area contributed by atoms with Gasteiger partial charge in [0.2, 0.25) is 5.78 Å². The largest absolute Gasteiger partial charge is 0.490 e. The summed E-state index contributed by atoms with van der Waals surface area (Å²) in [4.78, 5) is 12.6. The third-order valence-electron chi connectivity index (χ3n) is 4.36. The number of halogens is 2. The van der Waals surface area contributed by atoms with E-state index in [4.69, 9.17) is 32.7 Å². The SMILES string of the molecule is CCOc1cc(C=C(C#N)C(=O)c2ccccc2)ccc1OCc1ccc(Cl)c(Cl)c1. The molecule has 0 aliphatic heterocycles. The molecule has 31 heavy (non-hydrogen) atoms. The molecule has 0 saturated carbocycles. The van der Waals surface area contributed by atoms with Crippen LogP contribution in [0.25, 0.3) is 6.08 Å². The first kappa shape index (κ1) is 22.4. The van der Waals surface area contributed by atoms with Crippen molar-refractivity contribution in [3.63, 3.8) is 0 Å². The first-order chi connectivity index (χ1) is 15.0. The molecule has 0 fully saturated rings. The lowest BCUT2D eigenvalue weighted by atomic mass is 10.0. The molecular formula is C25H19Cl2NO3. The van der Waals surface area contributed by atoms with Gasteiger partial charge < -0.3 is 9.47 Å². The van der Waals surface area contributed by atoms with Crippen LogP contribution in [0.1, 0.15) is 28.4 Å². The second-order valence-electron chi connectivity index (χ2n) is 6.54. The van der Waals surface area contributed by atoms with Gasteiger partial charge in [-0.2, -0.15) is 5.26 Å². The number of carbonyl (C=O) groups is 1. The predicted molar refractivity (Wildman–Crippen MR) is 123 cm³/mol. The van der Waals surface area contributed by atoms with Crippen LogP contribution < -0.4 is 9.47 Å². The Hall–Kier alpha value is -3.26. The number of hydrogen-bond donors (Lipinski definition) is 0. The molecule has 0 aliphatic rings. The minimum atomic E-state index is -0.332. The lowest BCUT2D eigenvalue weighted by Crippen LogP contribution is -2.02. The van der Waals surface area contributed by atoms with Crippen LogP contribution in [0.4, 0.5) is 0 Å². The number of benzene rings is 3. The van der Waals surface area contributed by atoms with Crippen molar-refractivity contribution in [1.82, 2.24) is 0 Å². The highest BCUT2D eigenvalue weighted by atomic mass is 35.5. The van der Waals surface area contributed by atoms with Crippen molar-refractivity contribution in [2.75, 3.05) is 6.61 Å². The smallest absolute Gasteiger partial charge is 0.203 e. The first-order valence-electron chi connectivity index (χ1n) is 9.57. The van der Waals surface area contributed by atoms with Crippen molar-refractivity contribution < 1.29 is 14.3 Å². The Kier molecular flexibility index (Phi) is 7.72. The first-order valence-corrected chi connectivity index (χ1v) is 10.3. The molecule has 4 nitrogen and oxygen atoms in total. The van der Waals surface area contributed by atoms with E-state index in [9.17, 15) is 10.1 Å². The Bertz CT molecular complexity index is 1150. The summed E-state index contributed by atoms with van der Waals surface area (Å²) in [5.41, 5.74) is 2.02. The van der Waals surface area contributed by atoms with Crippen molar-refractivity contribution in [3.05, 3.63) is 99.0 Å². The fourth-order valence-electron chi connectivity index (χ4n) is 2.85. The van der Waals surface area contributed by atoms with E-state index in [1.807, 2.05) is 25.1 Å². The Morgan fingerprint density at radius 3 is 2.42 bits per heavy atom. The van der Waals surface area contributed by atoms with Gasteiger partial charge in [0.05, 0.1) is 16.7 Å². The fraction of sp³-hybridized carbons (Fsp3) is 0.120. The topological polar surface area (TPSA) is 59.3 Å². The van der Waals surface area contributed by atoms with Crippen molar-refractivity contribution in [2.45, 2.75) is 13.5 Å². The average Bonchev–Trinajstić information content (AvgIpc) is 2.79. The number of nitrogens with zero attached hydrogens (tertiary/aromatic N) is 1. The monoisotopic (exact) mass is 451 g/mol. The molecule has 0 atom stereocenters. The molecule has 0 saturated heterocycles. The fourth-order valence-corrected chi connectivity index (χ4v) is 3.17. The van der Waals surface area contributed by atoms with E-state index in [0.29, 0.717) is 39.3 Å². The number of nitriles is 1. The van der Waals surface area contributed by atoms with Gasteiger partial charge in [-0.3, -0.25) is 4.79 Å². The third-order valence-corrected chi connectivity index (χ3v) is 5.10. The van der Waals surface area contributed by atoms with E-state index in [-0.39, 0.29) is 18.0 Å². The maximum atomic E-state index is 12.6. The van der Waals surface area contributed by atoms with Crippen LogP contribution in [0.2, 0.25) is 10.0 Å². The molecule has 6 heteroatoms. The van der Waals surface area contributed by atoms with Crippen LogP contribution in [-0.4, -0.2) is 12.4 Å². The number of rotatable bonds is 8. The molecule has 0 spiro atoms. The van der Waals surface area contributed by atoms with Crippen LogP contribution in [0.15, 0.2) is 72.3 Å². The minimum absolute atomic E-state index is 0.0399. The predicted octanol–water partition coefficient (Wildman–Crippen LogP) is 6.76. The molecule has 0 N–H and O–H groups in total. The van der Waals surface area contributed by atoms with Crippen molar-refractivity contribution in [3.8, 4) is 17.6 Å². The molecule has 0 aromatic heterocycles. The highest BCUT2D eigenvalue weighted by Gasteiger charge is 2.13. The van der Waals surface area contributed by atoms with E-state index >= 15 is 0 Å². The molecule has 0 amide bonds. The second-order valence-corrected chi connectivity index (χ2v) is 7.36. The van der Waals surface area contributed by atoms with E-state index < -0.39 is 0 Å². The van der Waals surface area contributed by atoms with Gasteiger partial charge in [-0.1, -0.05) is 65.7 Å². The zero-order chi connectivity index (χ0) is 22.2. The third kappa shape index (κ3) is 5.88. The molecule has 0 radical (unpaired) electrons. The van der Waals surface area contributed by atoms with Gasteiger partial charge in [0.15, 0.2) is 11.5 Å². The number of ether oxygens (including phenoxy) is 2. The van der Waals surface area contributed by atoms with Gasteiger partial charge in [0.25, 0.3) is 0 Å². The molecule has 0 unspecified atom stereocenters. The van der Waals surface area contributed by atoms with Gasteiger partial charge >= 0.3 is 0 Å². The zero-order valence-corrected chi connectivity index (χ0v) is 18.3. The molecule has 3 rings (SSSR count). The van der Waals surface area contributed by atoms with Crippen LogP contribution >= 0.6 is 23.2 Å². The van der Waals surface area contributed by atoms with Crippen LogP contribution in [0.5, 0.6) is 11.5 Å². The summed E-state index contributed by atoms with van der Waals surface area (Å²) in [6, 6.07) is 21.2. The van der Waals surface area contributed by atoms with Crippen LogP contribution in [-0.2, 0) is 6.61 Å². The van der Waals surface area contributed by atoms with Crippen molar-refractivity contribution >= 4 is 35.1 Å². The minimum Gasteiger partial charge on any atom is -0.490 e. The highest BCUT2D eigenvalue weighted by molar-refractivity contribution is 6.42. The lowest BCUT2D eigenvalue weighted by Gasteiger charge is -2.13.